The first kappa shape index (κ1) is 16.1. The third-order valence-corrected chi connectivity index (χ3v) is 4.43. The lowest BCUT2D eigenvalue weighted by Gasteiger charge is -2.21. The molecule has 0 amide bonds. The highest BCUT2D eigenvalue weighted by Crippen LogP contribution is 2.38. The summed E-state index contributed by atoms with van der Waals surface area (Å²) in [5.74, 6) is 2.25. The molecule has 1 unspecified atom stereocenters. The Labute approximate surface area is 135 Å². The number of nitrogens with zero attached hydrogens (tertiary/aromatic N) is 4. The first-order chi connectivity index (χ1) is 11.0. The van der Waals surface area contributed by atoms with Gasteiger partial charge in [0.2, 0.25) is 0 Å². The van der Waals surface area contributed by atoms with Crippen LogP contribution in [-0.2, 0) is 13.6 Å². The fraction of sp³-hybridized carbons (Fsp3) is 0.529. The van der Waals surface area contributed by atoms with Crippen molar-refractivity contribution in [3.63, 3.8) is 0 Å². The van der Waals surface area contributed by atoms with Crippen LogP contribution >= 0.6 is 0 Å². The third kappa shape index (κ3) is 3.59. The topological polar surface area (TPSA) is 54.2 Å². The molecule has 0 bridgehead atoms. The van der Waals surface area contributed by atoms with Crippen LogP contribution in [0.5, 0.6) is 0 Å². The normalized spacial score (nSPS) is 16.1. The minimum absolute atomic E-state index is 0.279. The molecule has 2 aromatic rings. The number of aromatic nitrogens is 3. The summed E-state index contributed by atoms with van der Waals surface area (Å²) in [4.78, 5) is 2.01. The van der Waals surface area contributed by atoms with E-state index in [4.69, 9.17) is 0 Å². The number of aliphatic hydroxyl groups excluding tert-OH is 1. The van der Waals surface area contributed by atoms with E-state index in [0.717, 1.165) is 22.8 Å². The first-order valence-electron chi connectivity index (χ1n) is 7.96. The lowest BCUT2D eigenvalue weighted by molar-refractivity contribution is 0.121. The summed E-state index contributed by atoms with van der Waals surface area (Å²) in [6.45, 7) is 2.89. The lowest BCUT2D eigenvalue weighted by atomic mass is 10.0. The molecule has 0 saturated heterocycles. The molecule has 1 aromatic carbocycles. The van der Waals surface area contributed by atoms with Crippen molar-refractivity contribution < 1.29 is 9.50 Å². The zero-order chi connectivity index (χ0) is 16.6. The predicted octanol–water partition coefficient (Wildman–Crippen LogP) is 2.31. The van der Waals surface area contributed by atoms with Gasteiger partial charge in [-0.15, -0.1) is 10.2 Å². The second-order valence-corrected chi connectivity index (χ2v) is 6.52. The van der Waals surface area contributed by atoms with E-state index >= 15 is 0 Å². The van der Waals surface area contributed by atoms with Crippen LogP contribution in [-0.4, -0.2) is 38.4 Å². The predicted molar refractivity (Wildman–Crippen MR) is 85.4 cm³/mol. The van der Waals surface area contributed by atoms with Crippen LogP contribution in [0.15, 0.2) is 18.2 Å². The fourth-order valence-corrected chi connectivity index (χ4v) is 2.92. The van der Waals surface area contributed by atoms with Gasteiger partial charge in [-0.25, -0.2) is 4.39 Å². The number of rotatable bonds is 6. The maximum absolute atomic E-state index is 13.2. The number of likely N-dealkylation sites (N-methyl/N-ethyl adjacent to an activating group) is 1. The van der Waals surface area contributed by atoms with Gasteiger partial charge in [0.05, 0.1) is 12.6 Å². The van der Waals surface area contributed by atoms with E-state index in [1.54, 1.807) is 6.07 Å². The van der Waals surface area contributed by atoms with Crippen LogP contribution in [0.1, 0.15) is 47.6 Å². The monoisotopic (exact) mass is 318 g/mol. The Morgan fingerprint density at radius 1 is 1.39 bits per heavy atom. The van der Waals surface area contributed by atoms with Crippen molar-refractivity contribution >= 4 is 0 Å². The quantitative estimate of drug-likeness (QED) is 0.888. The van der Waals surface area contributed by atoms with Crippen molar-refractivity contribution in [1.29, 1.82) is 0 Å². The van der Waals surface area contributed by atoms with Crippen LogP contribution in [0.25, 0.3) is 0 Å². The molecule has 1 fully saturated rings. The SMILES string of the molecule is Cc1cc(F)ccc1C(O)CN(C)Cc1nnc(C2CC2)n1C. The van der Waals surface area contributed by atoms with Gasteiger partial charge in [0, 0.05) is 19.5 Å². The molecule has 0 aliphatic heterocycles. The molecule has 0 spiro atoms. The molecule has 1 atom stereocenters. The lowest BCUT2D eigenvalue weighted by Crippen LogP contribution is -2.26. The molecule has 3 rings (SSSR count). The zero-order valence-electron chi connectivity index (χ0n) is 13.8. The molecular formula is C17H23FN4O. The number of hydrogen-bond donors (Lipinski definition) is 1. The minimum Gasteiger partial charge on any atom is -0.387 e. The van der Waals surface area contributed by atoms with Gasteiger partial charge in [-0.3, -0.25) is 4.90 Å². The highest BCUT2D eigenvalue weighted by atomic mass is 19.1. The molecule has 1 aliphatic rings. The van der Waals surface area contributed by atoms with Gasteiger partial charge < -0.3 is 9.67 Å². The summed E-state index contributed by atoms with van der Waals surface area (Å²) in [7, 11) is 3.94. The highest BCUT2D eigenvalue weighted by Gasteiger charge is 2.29. The standard InChI is InChI=1S/C17H23FN4O/c1-11-8-13(18)6-7-14(11)15(23)9-21(2)10-16-19-20-17(22(16)3)12-4-5-12/h6-8,12,15,23H,4-5,9-10H2,1-3H3. The van der Waals surface area contributed by atoms with Gasteiger partial charge in [0.1, 0.15) is 17.5 Å². The maximum atomic E-state index is 13.2. The molecular weight excluding hydrogens is 295 g/mol. The van der Waals surface area contributed by atoms with E-state index in [2.05, 4.69) is 14.8 Å². The summed E-state index contributed by atoms with van der Waals surface area (Å²) in [6, 6.07) is 4.48. The molecule has 23 heavy (non-hydrogen) atoms. The molecule has 1 aliphatic carbocycles. The van der Waals surface area contributed by atoms with E-state index in [1.807, 2.05) is 25.9 Å². The third-order valence-electron chi connectivity index (χ3n) is 4.43. The van der Waals surface area contributed by atoms with Crippen LogP contribution in [0.2, 0.25) is 0 Å². The van der Waals surface area contributed by atoms with Crippen LogP contribution in [0.4, 0.5) is 4.39 Å². The average molecular weight is 318 g/mol. The number of hydrogen-bond acceptors (Lipinski definition) is 4. The molecule has 0 radical (unpaired) electrons. The summed E-state index contributed by atoms with van der Waals surface area (Å²) >= 11 is 0. The van der Waals surface area contributed by atoms with E-state index in [0.29, 0.717) is 19.0 Å². The van der Waals surface area contributed by atoms with E-state index in [9.17, 15) is 9.50 Å². The van der Waals surface area contributed by atoms with Gasteiger partial charge >= 0.3 is 0 Å². The molecule has 124 valence electrons. The van der Waals surface area contributed by atoms with Crippen molar-refractivity contribution in [2.24, 2.45) is 7.05 Å². The van der Waals surface area contributed by atoms with Gasteiger partial charge in [-0.2, -0.15) is 0 Å². The molecule has 1 N–H and O–H groups in total. The largest absolute Gasteiger partial charge is 0.387 e. The van der Waals surface area contributed by atoms with Gasteiger partial charge in [0.25, 0.3) is 0 Å². The summed E-state index contributed by atoms with van der Waals surface area (Å²) < 4.78 is 15.2. The van der Waals surface area contributed by atoms with Crippen LogP contribution < -0.4 is 0 Å². The Kier molecular flexibility index (Phi) is 4.46. The number of halogens is 1. The van der Waals surface area contributed by atoms with Crippen molar-refractivity contribution in [2.45, 2.75) is 38.3 Å². The molecule has 1 heterocycles. The van der Waals surface area contributed by atoms with E-state index in [-0.39, 0.29) is 5.82 Å². The fourth-order valence-electron chi connectivity index (χ4n) is 2.92. The maximum Gasteiger partial charge on any atom is 0.146 e. The molecule has 5 nitrogen and oxygen atoms in total. The highest BCUT2D eigenvalue weighted by molar-refractivity contribution is 5.28. The number of aliphatic hydroxyl groups is 1. The van der Waals surface area contributed by atoms with Crippen LogP contribution in [0.3, 0.4) is 0 Å². The van der Waals surface area contributed by atoms with E-state index < -0.39 is 6.10 Å². The Bertz CT molecular complexity index is 696. The number of aryl methyl sites for hydroxylation is 1. The molecule has 6 heteroatoms. The van der Waals surface area contributed by atoms with Crippen molar-refractivity contribution in [1.82, 2.24) is 19.7 Å². The molecule has 1 aromatic heterocycles. The van der Waals surface area contributed by atoms with Gasteiger partial charge in [-0.05, 0) is 50.1 Å². The second-order valence-electron chi connectivity index (χ2n) is 6.52. The zero-order valence-corrected chi connectivity index (χ0v) is 13.8. The Morgan fingerprint density at radius 2 is 2.13 bits per heavy atom. The van der Waals surface area contributed by atoms with Crippen molar-refractivity contribution in [2.75, 3.05) is 13.6 Å². The summed E-state index contributed by atoms with van der Waals surface area (Å²) in [5.41, 5.74) is 1.52. The minimum atomic E-state index is -0.656. The first-order valence-corrected chi connectivity index (χ1v) is 7.96. The Morgan fingerprint density at radius 3 is 2.78 bits per heavy atom. The van der Waals surface area contributed by atoms with Crippen molar-refractivity contribution in [3.05, 3.63) is 46.8 Å². The smallest absolute Gasteiger partial charge is 0.146 e. The van der Waals surface area contributed by atoms with E-state index in [1.165, 1.54) is 25.0 Å². The average Bonchev–Trinajstić information content (AvgIpc) is 3.25. The Balaban J connectivity index is 1.63. The summed E-state index contributed by atoms with van der Waals surface area (Å²) in [6.07, 6.45) is 1.74. The summed E-state index contributed by atoms with van der Waals surface area (Å²) in [5, 5.41) is 18.9. The van der Waals surface area contributed by atoms with Crippen molar-refractivity contribution in [3.8, 4) is 0 Å². The Hall–Kier alpha value is -1.79. The van der Waals surface area contributed by atoms with Crippen LogP contribution in [0, 0.1) is 12.7 Å². The molecule has 1 saturated carbocycles. The van der Waals surface area contributed by atoms with Gasteiger partial charge in [0.15, 0.2) is 0 Å². The second kappa shape index (κ2) is 6.37. The van der Waals surface area contributed by atoms with Gasteiger partial charge in [-0.1, -0.05) is 6.07 Å². The number of benzene rings is 1.